The van der Waals surface area contributed by atoms with Crippen LogP contribution < -0.4 is 5.32 Å². The first-order chi connectivity index (χ1) is 13.1. The summed E-state index contributed by atoms with van der Waals surface area (Å²) < 4.78 is 3.80. The van der Waals surface area contributed by atoms with E-state index in [-0.39, 0.29) is 11.8 Å². The maximum absolute atomic E-state index is 12.5. The lowest BCUT2D eigenvalue weighted by atomic mass is 9.87. The Balaban J connectivity index is 1.53. The van der Waals surface area contributed by atoms with Gasteiger partial charge in [0.1, 0.15) is 11.3 Å². The number of amides is 1. The van der Waals surface area contributed by atoms with Crippen LogP contribution in [0.1, 0.15) is 42.3 Å². The molecule has 1 fully saturated rings. The minimum atomic E-state index is 0.000158. The van der Waals surface area contributed by atoms with E-state index in [4.69, 9.17) is 0 Å². The Kier molecular flexibility index (Phi) is 3.75. The molecule has 27 heavy (non-hydrogen) atoms. The number of carbonyl (C=O) groups excluding carboxylic acids is 1. The van der Waals surface area contributed by atoms with Crippen molar-refractivity contribution in [3.05, 3.63) is 35.5 Å². The molecule has 1 aromatic carbocycles. The maximum atomic E-state index is 12.5. The number of aromatic nitrogens is 5. The summed E-state index contributed by atoms with van der Waals surface area (Å²) in [6.45, 7) is 2.11. The SMILES string of the molecule is CN1CCC(n2ncc3c2NC(=O)C[C@H]3c2ccc3c(c2)nnn3C)CC1. The van der Waals surface area contributed by atoms with Crippen LogP contribution in [0.5, 0.6) is 0 Å². The van der Waals surface area contributed by atoms with Gasteiger partial charge in [-0.25, -0.2) is 9.36 Å². The molecular weight excluding hydrogens is 342 g/mol. The number of anilines is 1. The third-order valence-electron chi connectivity index (χ3n) is 5.92. The topological polar surface area (TPSA) is 80.9 Å². The monoisotopic (exact) mass is 365 g/mol. The second-order valence-electron chi connectivity index (χ2n) is 7.69. The van der Waals surface area contributed by atoms with Crippen LogP contribution in [0.2, 0.25) is 0 Å². The Labute approximate surface area is 157 Å². The molecule has 2 aliphatic heterocycles. The first-order valence-electron chi connectivity index (χ1n) is 9.45. The van der Waals surface area contributed by atoms with Crippen molar-refractivity contribution in [3.8, 4) is 0 Å². The van der Waals surface area contributed by atoms with Gasteiger partial charge < -0.3 is 10.2 Å². The predicted molar refractivity (Wildman–Crippen MR) is 102 cm³/mol. The second kappa shape index (κ2) is 6.16. The lowest BCUT2D eigenvalue weighted by molar-refractivity contribution is -0.116. The highest BCUT2D eigenvalue weighted by Gasteiger charge is 2.32. The van der Waals surface area contributed by atoms with Gasteiger partial charge >= 0.3 is 0 Å². The Hall–Kier alpha value is -2.74. The highest BCUT2D eigenvalue weighted by Crippen LogP contribution is 2.39. The average molecular weight is 365 g/mol. The largest absolute Gasteiger partial charge is 0.311 e. The molecule has 0 spiro atoms. The summed E-state index contributed by atoms with van der Waals surface area (Å²) in [5.41, 5.74) is 4.02. The summed E-state index contributed by atoms with van der Waals surface area (Å²) in [4.78, 5) is 14.8. The van der Waals surface area contributed by atoms with E-state index in [0.717, 1.165) is 53.9 Å². The zero-order chi connectivity index (χ0) is 18.5. The third-order valence-corrected chi connectivity index (χ3v) is 5.92. The number of hydrogen-bond acceptors (Lipinski definition) is 5. The lowest BCUT2D eigenvalue weighted by Gasteiger charge is -2.31. The van der Waals surface area contributed by atoms with Gasteiger partial charge in [-0.05, 0) is 50.7 Å². The van der Waals surface area contributed by atoms with Crippen molar-refractivity contribution in [3.63, 3.8) is 0 Å². The summed E-state index contributed by atoms with van der Waals surface area (Å²) in [6, 6.07) is 6.48. The molecular formula is C19H23N7O. The fraction of sp³-hybridized carbons (Fsp3) is 0.474. The van der Waals surface area contributed by atoms with Crippen LogP contribution in [-0.2, 0) is 11.8 Å². The molecule has 0 bridgehead atoms. The Morgan fingerprint density at radius 1 is 1.19 bits per heavy atom. The molecule has 2 aliphatic rings. The molecule has 0 unspecified atom stereocenters. The first-order valence-corrected chi connectivity index (χ1v) is 9.45. The number of rotatable bonds is 2. The molecule has 0 aliphatic carbocycles. The highest BCUT2D eigenvalue weighted by molar-refractivity contribution is 5.94. The molecule has 8 heteroatoms. The van der Waals surface area contributed by atoms with Gasteiger partial charge in [-0.2, -0.15) is 5.10 Å². The molecule has 1 amide bonds. The van der Waals surface area contributed by atoms with Crippen molar-refractivity contribution >= 4 is 22.8 Å². The fourth-order valence-corrected chi connectivity index (χ4v) is 4.33. The number of nitrogens with one attached hydrogen (secondary N) is 1. The normalized spacial score (nSPS) is 21.4. The lowest BCUT2D eigenvalue weighted by Crippen LogP contribution is -2.33. The fourth-order valence-electron chi connectivity index (χ4n) is 4.33. The third kappa shape index (κ3) is 2.71. The van der Waals surface area contributed by atoms with Gasteiger partial charge in [0, 0.05) is 24.9 Å². The molecule has 8 nitrogen and oxygen atoms in total. The van der Waals surface area contributed by atoms with E-state index in [2.05, 4.69) is 38.7 Å². The minimum Gasteiger partial charge on any atom is -0.311 e. The van der Waals surface area contributed by atoms with Crippen LogP contribution in [0.25, 0.3) is 11.0 Å². The number of carbonyl (C=O) groups is 1. The van der Waals surface area contributed by atoms with E-state index in [1.165, 1.54) is 0 Å². The number of benzene rings is 1. The van der Waals surface area contributed by atoms with Crippen LogP contribution in [-0.4, -0.2) is 55.7 Å². The van der Waals surface area contributed by atoms with Crippen molar-refractivity contribution < 1.29 is 4.79 Å². The predicted octanol–water partition coefficient (Wildman–Crippen LogP) is 1.91. The van der Waals surface area contributed by atoms with Gasteiger partial charge in [-0.15, -0.1) is 5.10 Å². The number of fused-ring (bicyclic) bond motifs is 2. The second-order valence-corrected chi connectivity index (χ2v) is 7.69. The molecule has 1 saturated heterocycles. The summed E-state index contributed by atoms with van der Waals surface area (Å²) in [6.07, 6.45) is 4.46. The van der Waals surface area contributed by atoms with E-state index in [9.17, 15) is 4.79 Å². The van der Waals surface area contributed by atoms with Crippen molar-refractivity contribution in [1.29, 1.82) is 0 Å². The van der Waals surface area contributed by atoms with Crippen LogP contribution in [0.4, 0.5) is 5.82 Å². The number of piperidine rings is 1. The molecule has 0 radical (unpaired) electrons. The maximum Gasteiger partial charge on any atom is 0.226 e. The van der Waals surface area contributed by atoms with Crippen LogP contribution in [0.3, 0.4) is 0 Å². The number of nitrogens with zero attached hydrogens (tertiary/aromatic N) is 6. The van der Waals surface area contributed by atoms with Crippen molar-refractivity contribution in [2.24, 2.45) is 7.05 Å². The van der Waals surface area contributed by atoms with Gasteiger partial charge in [0.2, 0.25) is 5.91 Å². The summed E-state index contributed by atoms with van der Waals surface area (Å²) in [5, 5.41) is 16.0. The highest BCUT2D eigenvalue weighted by atomic mass is 16.1. The molecule has 1 atom stereocenters. The average Bonchev–Trinajstić information content (AvgIpc) is 3.25. The van der Waals surface area contributed by atoms with Crippen molar-refractivity contribution in [2.75, 3.05) is 25.5 Å². The smallest absolute Gasteiger partial charge is 0.226 e. The molecule has 2 aromatic heterocycles. The van der Waals surface area contributed by atoms with Gasteiger partial charge in [-0.1, -0.05) is 11.3 Å². The number of hydrogen-bond donors (Lipinski definition) is 1. The van der Waals surface area contributed by atoms with E-state index in [1.807, 2.05) is 30.1 Å². The van der Waals surface area contributed by atoms with E-state index < -0.39 is 0 Å². The molecule has 3 aromatic rings. The van der Waals surface area contributed by atoms with Crippen molar-refractivity contribution in [1.82, 2.24) is 29.7 Å². The van der Waals surface area contributed by atoms with E-state index >= 15 is 0 Å². The molecule has 4 heterocycles. The molecule has 140 valence electrons. The zero-order valence-corrected chi connectivity index (χ0v) is 15.6. The Morgan fingerprint density at radius 3 is 2.81 bits per heavy atom. The minimum absolute atomic E-state index is 0.000158. The Morgan fingerprint density at radius 2 is 2.00 bits per heavy atom. The summed E-state index contributed by atoms with van der Waals surface area (Å²) in [5.74, 6) is 0.909. The number of aryl methyl sites for hydroxylation is 1. The molecule has 5 rings (SSSR count). The Bertz CT molecular complexity index is 1010. The van der Waals surface area contributed by atoms with Crippen LogP contribution in [0, 0.1) is 0 Å². The standard InChI is InChI=1S/C19H23N7O/c1-24-7-5-13(6-8-24)26-19-15(11-20-26)14(10-18(27)21-19)12-3-4-17-16(9-12)22-23-25(17)2/h3-4,9,11,13-14H,5-8,10H2,1-2H3,(H,21,27)/t14-/m0/s1. The van der Waals surface area contributed by atoms with Crippen molar-refractivity contribution in [2.45, 2.75) is 31.2 Å². The van der Waals surface area contributed by atoms with Gasteiger partial charge in [0.05, 0.1) is 17.8 Å². The summed E-state index contributed by atoms with van der Waals surface area (Å²) >= 11 is 0. The quantitative estimate of drug-likeness (QED) is 0.750. The van der Waals surface area contributed by atoms with E-state index in [1.54, 1.807) is 4.68 Å². The van der Waals surface area contributed by atoms with E-state index in [0.29, 0.717) is 12.5 Å². The van der Waals surface area contributed by atoms with Gasteiger partial charge in [-0.3, -0.25) is 4.79 Å². The number of likely N-dealkylation sites (tertiary alicyclic amines) is 1. The molecule has 0 saturated carbocycles. The molecule has 1 N–H and O–H groups in total. The van der Waals surface area contributed by atoms with Crippen LogP contribution in [0.15, 0.2) is 24.4 Å². The zero-order valence-electron chi connectivity index (χ0n) is 15.6. The van der Waals surface area contributed by atoms with Crippen LogP contribution >= 0.6 is 0 Å². The van der Waals surface area contributed by atoms with Gasteiger partial charge in [0.15, 0.2) is 0 Å². The van der Waals surface area contributed by atoms with Gasteiger partial charge in [0.25, 0.3) is 0 Å². The summed E-state index contributed by atoms with van der Waals surface area (Å²) in [7, 11) is 4.03. The first kappa shape index (κ1) is 16.4.